The van der Waals surface area contributed by atoms with Crippen molar-refractivity contribution in [3.8, 4) is 0 Å². The molecule has 0 amide bonds. The average Bonchev–Trinajstić information content (AvgIpc) is 2.27. The molecule has 108 valence electrons. The maximum atomic E-state index is 5.92. The van der Waals surface area contributed by atoms with Crippen LogP contribution in [0.25, 0.3) is 0 Å². The molecule has 3 atom stereocenters. The highest BCUT2D eigenvalue weighted by Gasteiger charge is 2.26. The maximum Gasteiger partial charge on any atom is 0.0199 e. The summed E-state index contributed by atoms with van der Waals surface area (Å²) in [6.45, 7) is 6.59. The molecule has 0 saturated heterocycles. The summed E-state index contributed by atoms with van der Waals surface area (Å²) in [6, 6.07) is 1.25. The monoisotopic (exact) mass is 255 g/mol. The Morgan fingerprint density at radius 2 is 1.89 bits per heavy atom. The summed E-state index contributed by atoms with van der Waals surface area (Å²) in [4.78, 5) is 2.29. The van der Waals surface area contributed by atoms with E-state index in [-0.39, 0.29) is 0 Å². The fourth-order valence-corrected chi connectivity index (χ4v) is 3.22. The molecule has 0 aromatic heterocycles. The summed E-state index contributed by atoms with van der Waals surface area (Å²) in [5.74, 6) is 1.44. The molecule has 0 aromatic carbocycles. The second-order valence-electron chi connectivity index (χ2n) is 6.64. The molecule has 3 unspecified atom stereocenters. The van der Waals surface area contributed by atoms with Gasteiger partial charge in [-0.15, -0.1) is 0 Å². The van der Waals surface area contributed by atoms with E-state index < -0.39 is 0 Å². The Balaban J connectivity index is 2.51. The smallest absolute Gasteiger partial charge is 0.0199 e. The standard InChI is InChI=1S/C15H33N3/c1-12(2)9-14(11-18(3)4)17-15-8-6-5-7-13(15)10-16/h12-15,17H,5-11,16H2,1-4H3. The van der Waals surface area contributed by atoms with Gasteiger partial charge in [-0.1, -0.05) is 26.7 Å². The van der Waals surface area contributed by atoms with Gasteiger partial charge in [-0.3, -0.25) is 0 Å². The van der Waals surface area contributed by atoms with E-state index in [1.54, 1.807) is 0 Å². The molecule has 0 aliphatic heterocycles. The van der Waals surface area contributed by atoms with Gasteiger partial charge in [-0.25, -0.2) is 0 Å². The normalized spacial score (nSPS) is 26.8. The largest absolute Gasteiger partial charge is 0.330 e. The Morgan fingerprint density at radius 1 is 1.22 bits per heavy atom. The number of nitrogens with two attached hydrogens (primary N) is 1. The number of hydrogen-bond donors (Lipinski definition) is 2. The highest BCUT2D eigenvalue weighted by atomic mass is 15.1. The van der Waals surface area contributed by atoms with Crippen molar-refractivity contribution in [3.63, 3.8) is 0 Å². The predicted octanol–water partition coefficient (Wildman–Crippen LogP) is 2.07. The minimum Gasteiger partial charge on any atom is -0.330 e. The van der Waals surface area contributed by atoms with Crippen molar-refractivity contribution in [1.29, 1.82) is 0 Å². The van der Waals surface area contributed by atoms with Crippen LogP contribution >= 0.6 is 0 Å². The first-order valence-electron chi connectivity index (χ1n) is 7.63. The molecule has 18 heavy (non-hydrogen) atoms. The van der Waals surface area contributed by atoms with Gasteiger partial charge in [0.2, 0.25) is 0 Å². The van der Waals surface area contributed by atoms with E-state index in [4.69, 9.17) is 5.73 Å². The van der Waals surface area contributed by atoms with Gasteiger partial charge in [0.25, 0.3) is 0 Å². The summed E-state index contributed by atoms with van der Waals surface area (Å²) >= 11 is 0. The third-order valence-electron chi connectivity index (χ3n) is 4.00. The number of likely N-dealkylation sites (N-methyl/N-ethyl adjacent to an activating group) is 1. The van der Waals surface area contributed by atoms with E-state index in [9.17, 15) is 0 Å². The molecule has 1 saturated carbocycles. The van der Waals surface area contributed by atoms with Gasteiger partial charge in [0.1, 0.15) is 0 Å². The molecule has 3 N–H and O–H groups in total. The molecule has 0 bridgehead atoms. The van der Waals surface area contributed by atoms with Crippen LogP contribution in [0.2, 0.25) is 0 Å². The van der Waals surface area contributed by atoms with Crippen molar-refractivity contribution in [2.45, 2.75) is 58.0 Å². The predicted molar refractivity (Wildman–Crippen MR) is 79.7 cm³/mol. The lowest BCUT2D eigenvalue weighted by atomic mass is 9.83. The summed E-state index contributed by atoms with van der Waals surface area (Å²) in [5.41, 5.74) is 5.92. The number of nitrogens with zero attached hydrogens (tertiary/aromatic N) is 1. The maximum absolute atomic E-state index is 5.92. The second-order valence-corrected chi connectivity index (χ2v) is 6.64. The van der Waals surface area contributed by atoms with Gasteiger partial charge in [-0.2, -0.15) is 0 Å². The lowest BCUT2D eigenvalue weighted by Crippen LogP contribution is -2.50. The molecular formula is C15H33N3. The van der Waals surface area contributed by atoms with Crippen LogP contribution in [0, 0.1) is 11.8 Å². The van der Waals surface area contributed by atoms with E-state index >= 15 is 0 Å². The molecule has 0 radical (unpaired) electrons. The van der Waals surface area contributed by atoms with Gasteiger partial charge < -0.3 is 16.0 Å². The zero-order valence-electron chi connectivity index (χ0n) is 12.8. The number of rotatable bonds is 7. The van der Waals surface area contributed by atoms with E-state index in [0.717, 1.165) is 19.0 Å². The highest BCUT2D eigenvalue weighted by molar-refractivity contribution is 4.85. The number of hydrogen-bond acceptors (Lipinski definition) is 3. The van der Waals surface area contributed by atoms with Crippen LogP contribution in [0.5, 0.6) is 0 Å². The van der Waals surface area contributed by atoms with Gasteiger partial charge in [0.15, 0.2) is 0 Å². The average molecular weight is 255 g/mol. The Kier molecular flexibility index (Phi) is 7.20. The molecule has 0 spiro atoms. The highest BCUT2D eigenvalue weighted by Crippen LogP contribution is 2.24. The fourth-order valence-electron chi connectivity index (χ4n) is 3.22. The van der Waals surface area contributed by atoms with Gasteiger partial charge in [0.05, 0.1) is 0 Å². The molecule has 1 aliphatic carbocycles. The molecule has 0 heterocycles. The van der Waals surface area contributed by atoms with Crippen molar-refractivity contribution in [2.75, 3.05) is 27.2 Å². The minimum absolute atomic E-state index is 0.608. The zero-order valence-corrected chi connectivity index (χ0v) is 12.8. The second kappa shape index (κ2) is 8.13. The van der Waals surface area contributed by atoms with Crippen LogP contribution < -0.4 is 11.1 Å². The Labute approximate surface area is 113 Å². The Morgan fingerprint density at radius 3 is 2.44 bits per heavy atom. The van der Waals surface area contributed by atoms with Gasteiger partial charge in [-0.05, 0) is 51.7 Å². The lowest BCUT2D eigenvalue weighted by molar-refractivity contribution is 0.214. The first-order valence-corrected chi connectivity index (χ1v) is 7.63. The molecule has 3 nitrogen and oxygen atoms in total. The molecule has 0 aromatic rings. The third kappa shape index (κ3) is 5.68. The SMILES string of the molecule is CC(C)CC(CN(C)C)NC1CCCCC1CN. The van der Waals surface area contributed by atoms with Crippen molar-refractivity contribution in [1.82, 2.24) is 10.2 Å². The quantitative estimate of drug-likeness (QED) is 0.732. The summed E-state index contributed by atoms with van der Waals surface area (Å²) in [7, 11) is 4.33. The topological polar surface area (TPSA) is 41.3 Å². The van der Waals surface area contributed by atoms with E-state index in [0.29, 0.717) is 18.0 Å². The van der Waals surface area contributed by atoms with Crippen LogP contribution in [0.15, 0.2) is 0 Å². The Hall–Kier alpha value is -0.120. The van der Waals surface area contributed by atoms with E-state index in [1.807, 2.05) is 0 Å². The van der Waals surface area contributed by atoms with Crippen LogP contribution in [0.4, 0.5) is 0 Å². The van der Waals surface area contributed by atoms with Crippen molar-refractivity contribution < 1.29 is 0 Å². The fraction of sp³-hybridized carbons (Fsp3) is 1.00. The molecule has 3 heteroatoms. The van der Waals surface area contributed by atoms with Crippen LogP contribution in [-0.2, 0) is 0 Å². The van der Waals surface area contributed by atoms with Gasteiger partial charge >= 0.3 is 0 Å². The van der Waals surface area contributed by atoms with E-state index in [1.165, 1.54) is 32.1 Å². The molecule has 1 fully saturated rings. The number of nitrogens with one attached hydrogen (secondary N) is 1. The van der Waals surface area contributed by atoms with Crippen LogP contribution in [0.3, 0.4) is 0 Å². The first-order chi connectivity index (χ1) is 8.52. The first kappa shape index (κ1) is 15.9. The summed E-state index contributed by atoms with van der Waals surface area (Å²) in [6.07, 6.45) is 6.60. The molecule has 1 rings (SSSR count). The van der Waals surface area contributed by atoms with Crippen molar-refractivity contribution in [2.24, 2.45) is 17.6 Å². The molecule has 1 aliphatic rings. The van der Waals surface area contributed by atoms with Crippen LogP contribution in [0.1, 0.15) is 46.0 Å². The van der Waals surface area contributed by atoms with Gasteiger partial charge in [0, 0.05) is 18.6 Å². The Bertz CT molecular complexity index is 206. The molecular weight excluding hydrogens is 222 g/mol. The zero-order chi connectivity index (χ0) is 13.5. The summed E-state index contributed by atoms with van der Waals surface area (Å²) in [5, 5.41) is 3.90. The van der Waals surface area contributed by atoms with Crippen molar-refractivity contribution in [3.05, 3.63) is 0 Å². The third-order valence-corrected chi connectivity index (χ3v) is 4.00. The minimum atomic E-state index is 0.608. The van der Waals surface area contributed by atoms with Crippen LogP contribution in [-0.4, -0.2) is 44.2 Å². The van der Waals surface area contributed by atoms with E-state index in [2.05, 4.69) is 38.2 Å². The van der Waals surface area contributed by atoms with Crippen molar-refractivity contribution >= 4 is 0 Å². The lowest BCUT2D eigenvalue weighted by Gasteiger charge is -2.36. The summed E-state index contributed by atoms with van der Waals surface area (Å²) < 4.78 is 0.